The van der Waals surface area contributed by atoms with Crippen LogP contribution in [0.5, 0.6) is 5.75 Å². The minimum absolute atomic E-state index is 0.0988. The lowest BCUT2D eigenvalue weighted by Crippen LogP contribution is -2.28. The number of sulfonamides is 1. The summed E-state index contributed by atoms with van der Waals surface area (Å²) in [5, 5.41) is 2.79. The quantitative estimate of drug-likeness (QED) is 0.436. The van der Waals surface area contributed by atoms with Crippen molar-refractivity contribution in [2.24, 2.45) is 5.92 Å². The Balaban J connectivity index is 2.01. The highest BCUT2D eigenvalue weighted by atomic mass is 32.2. The molecule has 158 valence electrons. The number of thioether (sulfide) groups is 1. The van der Waals surface area contributed by atoms with Crippen LogP contribution in [0.3, 0.4) is 0 Å². The van der Waals surface area contributed by atoms with Crippen LogP contribution in [0.2, 0.25) is 0 Å². The Morgan fingerprint density at radius 2 is 1.83 bits per heavy atom. The molecule has 0 bridgehead atoms. The summed E-state index contributed by atoms with van der Waals surface area (Å²) >= 11 is 1.44. The van der Waals surface area contributed by atoms with E-state index in [0.717, 1.165) is 11.3 Å². The van der Waals surface area contributed by atoms with Crippen LogP contribution in [0.25, 0.3) is 0 Å². The van der Waals surface area contributed by atoms with E-state index in [1.807, 2.05) is 30.5 Å². The summed E-state index contributed by atoms with van der Waals surface area (Å²) in [6.45, 7) is 5.99. The summed E-state index contributed by atoms with van der Waals surface area (Å²) in [5.74, 6) is 0.335. The number of rotatable bonds is 10. The highest BCUT2D eigenvalue weighted by molar-refractivity contribution is 7.98. The van der Waals surface area contributed by atoms with E-state index < -0.39 is 10.0 Å². The molecule has 1 amide bonds. The molecule has 2 rings (SSSR count). The molecular formula is C21H28N2O4S2. The number of carbonyl (C=O) groups is 1. The first kappa shape index (κ1) is 23.3. The van der Waals surface area contributed by atoms with E-state index in [-0.39, 0.29) is 29.9 Å². The van der Waals surface area contributed by atoms with E-state index in [4.69, 9.17) is 4.74 Å². The van der Waals surface area contributed by atoms with Crippen molar-refractivity contribution in [3.63, 3.8) is 0 Å². The largest absolute Gasteiger partial charge is 0.492 e. The maximum atomic E-state index is 12.6. The Bertz CT molecular complexity index is 926. The van der Waals surface area contributed by atoms with Crippen molar-refractivity contribution in [2.75, 3.05) is 24.7 Å². The molecule has 0 radical (unpaired) electrons. The average molecular weight is 437 g/mol. The van der Waals surface area contributed by atoms with Crippen LogP contribution in [0.15, 0.2) is 52.3 Å². The van der Waals surface area contributed by atoms with Crippen molar-refractivity contribution in [1.29, 1.82) is 0 Å². The molecule has 0 fully saturated rings. The fraction of sp³-hybridized carbons (Fsp3) is 0.381. The van der Waals surface area contributed by atoms with E-state index >= 15 is 0 Å². The Morgan fingerprint density at radius 3 is 2.41 bits per heavy atom. The zero-order valence-electron chi connectivity index (χ0n) is 17.2. The van der Waals surface area contributed by atoms with Gasteiger partial charge in [0.15, 0.2) is 0 Å². The van der Waals surface area contributed by atoms with Crippen LogP contribution >= 0.6 is 11.8 Å². The summed E-state index contributed by atoms with van der Waals surface area (Å²) < 4.78 is 33.3. The summed E-state index contributed by atoms with van der Waals surface area (Å²) in [5.41, 5.74) is 1.71. The number of anilines is 1. The van der Waals surface area contributed by atoms with Gasteiger partial charge in [-0.1, -0.05) is 32.9 Å². The van der Waals surface area contributed by atoms with Crippen LogP contribution < -0.4 is 14.8 Å². The van der Waals surface area contributed by atoms with Crippen molar-refractivity contribution in [3.8, 4) is 5.75 Å². The molecule has 0 atom stereocenters. The van der Waals surface area contributed by atoms with Crippen LogP contribution in [0.1, 0.15) is 26.3 Å². The van der Waals surface area contributed by atoms with Gasteiger partial charge >= 0.3 is 0 Å². The number of nitrogens with one attached hydrogen (secondary N) is 2. The smallest absolute Gasteiger partial charge is 0.240 e. The van der Waals surface area contributed by atoms with Crippen LogP contribution in [0.4, 0.5) is 5.69 Å². The molecular weight excluding hydrogens is 408 g/mol. The Labute approximate surface area is 177 Å². The molecule has 0 saturated heterocycles. The van der Waals surface area contributed by atoms with Gasteiger partial charge in [-0.05, 0) is 48.6 Å². The van der Waals surface area contributed by atoms with Gasteiger partial charge in [0.2, 0.25) is 15.9 Å². The van der Waals surface area contributed by atoms with Gasteiger partial charge in [-0.25, -0.2) is 13.1 Å². The monoisotopic (exact) mass is 436 g/mol. The topological polar surface area (TPSA) is 84.5 Å². The van der Waals surface area contributed by atoms with Crippen LogP contribution in [-0.2, 0) is 21.2 Å². The third-order valence-electron chi connectivity index (χ3n) is 4.26. The fourth-order valence-electron chi connectivity index (χ4n) is 2.48. The van der Waals surface area contributed by atoms with Crippen molar-refractivity contribution in [1.82, 2.24) is 4.72 Å². The second kappa shape index (κ2) is 10.7. The number of ether oxygens (including phenoxy) is 1. The number of aryl methyl sites for hydroxylation is 1. The van der Waals surface area contributed by atoms with E-state index in [0.29, 0.717) is 11.4 Å². The van der Waals surface area contributed by atoms with Crippen molar-refractivity contribution in [3.05, 3.63) is 48.0 Å². The van der Waals surface area contributed by atoms with E-state index in [2.05, 4.69) is 17.0 Å². The molecule has 2 N–H and O–H groups in total. The minimum Gasteiger partial charge on any atom is -0.492 e. The van der Waals surface area contributed by atoms with Gasteiger partial charge in [0.1, 0.15) is 12.4 Å². The fourth-order valence-corrected chi connectivity index (χ4v) is 4.05. The number of hydrogen-bond donors (Lipinski definition) is 2. The van der Waals surface area contributed by atoms with Crippen molar-refractivity contribution < 1.29 is 17.9 Å². The lowest BCUT2D eigenvalue weighted by Gasteiger charge is -2.14. The Hall–Kier alpha value is -2.03. The molecule has 0 aromatic heterocycles. The Kier molecular flexibility index (Phi) is 8.55. The zero-order chi connectivity index (χ0) is 21.4. The summed E-state index contributed by atoms with van der Waals surface area (Å²) in [6, 6.07) is 12.4. The van der Waals surface area contributed by atoms with Crippen molar-refractivity contribution in [2.45, 2.75) is 37.0 Å². The predicted octanol–water partition coefficient (Wildman–Crippen LogP) is 3.92. The average Bonchev–Trinajstić information content (AvgIpc) is 2.71. The molecule has 0 aliphatic heterocycles. The summed E-state index contributed by atoms with van der Waals surface area (Å²) in [6.07, 6.45) is 2.83. The van der Waals surface area contributed by atoms with Crippen LogP contribution in [0, 0.1) is 5.92 Å². The first-order valence-corrected chi connectivity index (χ1v) is 12.2. The van der Waals surface area contributed by atoms with E-state index in [9.17, 15) is 13.2 Å². The first-order chi connectivity index (χ1) is 13.8. The third-order valence-corrected chi connectivity index (χ3v) is 6.51. The minimum atomic E-state index is -3.72. The SMILES string of the molecule is CCc1ccc(OCCNS(=O)(=O)c2ccc(SC)c(NC(=O)C(C)C)c2)cc1. The molecule has 0 aliphatic carbocycles. The molecule has 6 nitrogen and oxygen atoms in total. The highest BCUT2D eigenvalue weighted by Crippen LogP contribution is 2.28. The Morgan fingerprint density at radius 1 is 1.14 bits per heavy atom. The summed E-state index contributed by atoms with van der Waals surface area (Å²) in [4.78, 5) is 12.9. The van der Waals surface area contributed by atoms with Crippen molar-refractivity contribution >= 4 is 33.4 Å². The second-order valence-electron chi connectivity index (χ2n) is 6.75. The summed E-state index contributed by atoms with van der Waals surface area (Å²) in [7, 11) is -3.72. The molecule has 0 aliphatic rings. The van der Waals surface area contributed by atoms with E-state index in [1.54, 1.807) is 19.9 Å². The maximum Gasteiger partial charge on any atom is 0.240 e. The lowest BCUT2D eigenvalue weighted by atomic mass is 10.2. The molecule has 0 unspecified atom stereocenters. The van der Waals surface area contributed by atoms with E-state index in [1.165, 1.54) is 29.5 Å². The van der Waals surface area contributed by atoms with Gasteiger partial charge < -0.3 is 10.1 Å². The number of hydrogen-bond acceptors (Lipinski definition) is 5. The zero-order valence-corrected chi connectivity index (χ0v) is 18.8. The van der Waals surface area contributed by atoms with Crippen LogP contribution in [-0.4, -0.2) is 33.7 Å². The molecule has 0 spiro atoms. The number of benzene rings is 2. The van der Waals surface area contributed by atoms with Gasteiger partial charge in [-0.15, -0.1) is 11.8 Å². The number of carbonyl (C=O) groups excluding carboxylic acids is 1. The lowest BCUT2D eigenvalue weighted by molar-refractivity contribution is -0.118. The second-order valence-corrected chi connectivity index (χ2v) is 9.36. The van der Waals surface area contributed by atoms with Gasteiger partial charge in [0, 0.05) is 17.4 Å². The van der Waals surface area contributed by atoms with Gasteiger partial charge in [0.25, 0.3) is 0 Å². The normalized spacial score (nSPS) is 11.5. The standard InChI is InChI=1S/C21H28N2O4S2/c1-5-16-6-8-17(9-7-16)27-13-12-22-29(25,26)18-10-11-20(28-4)19(14-18)23-21(24)15(2)3/h6-11,14-15,22H,5,12-13H2,1-4H3,(H,23,24). The van der Waals surface area contributed by atoms with Gasteiger partial charge in [-0.3, -0.25) is 4.79 Å². The molecule has 2 aromatic rings. The first-order valence-electron chi connectivity index (χ1n) is 9.47. The predicted molar refractivity (Wildman–Crippen MR) is 118 cm³/mol. The van der Waals surface area contributed by atoms with Gasteiger partial charge in [-0.2, -0.15) is 0 Å². The molecule has 2 aromatic carbocycles. The molecule has 0 saturated carbocycles. The van der Waals surface area contributed by atoms with Gasteiger partial charge in [0.05, 0.1) is 10.6 Å². The molecule has 0 heterocycles. The molecule has 29 heavy (non-hydrogen) atoms. The molecule has 8 heteroatoms. The number of amides is 1. The maximum absolute atomic E-state index is 12.6. The highest BCUT2D eigenvalue weighted by Gasteiger charge is 2.17. The third kappa shape index (κ3) is 6.76.